The number of benzene rings is 1. The first kappa shape index (κ1) is 18.4. The summed E-state index contributed by atoms with van der Waals surface area (Å²) in [6.07, 6.45) is 3.95. The molecule has 140 valence electrons. The molecular formula is C20H27N3O3. The highest BCUT2D eigenvalue weighted by Crippen LogP contribution is 2.25. The lowest BCUT2D eigenvalue weighted by molar-refractivity contribution is -0.144. The smallest absolute Gasteiger partial charge is 0.245 e. The highest BCUT2D eigenvalue weighted by Gasteiger charge is 2.37. The third kappa shape index (κ3) is 4.42. The van der Waals surface area contributed by atoms with E-state index < -0.39 is 0 Å². The van der Waals surface area contributed by atoms with Gasteiger partial charge in [0.25, 0.3) is 0 Å². The van der Waals surface area contributed by atoms with E-state index in [1.54, 1.807) is 4.90 Å². The van der Waals surface area contributed by atoms with E-state index in [-0.39, 0.29) is 29.7 Å². The molecule has 2 aliphatic rings. The standard InChI is InChI=1S/C20H27N3O3/c21-18(24)13-16-8-11-22(12-9-16)20(26)17-7-4-10-23(17)19(25)14-15-5-2-1-3-6-15/h1-3,5-6,16-17H,4,7-14H2,(H2,21,24). The second-order valence-electron chi connectivity index (χ2n) is 7.35. The Hall–Kier alpha value is -2.37. The maximum absolute atomic E-state index is 12.9. The van der Waals surface area contributed by atoms with Crippen LogP contribution >= 0.6 is 0 Å². The molecule has 6 nitrogen and oxygen atoms in total. The van der Waals surface area contributed by atoms with Crippen molar-refractivity contribution < 1.29 is 14.4 Å². The summed E-state index contributed by atoms with van der Waals surface area (Å²) in [5, 5.41) is 0. The molecule has 1 unspecified atom stereocenters. The van der Waals surface area contributed by atoms with Gasteiger partial charge in [0.05, 0.1) is 6.42 Å². The van der Waals surface area contributed by atoms with Crippen LogP contribution in [-0.2, 0) is 20.8 Å². The van der Waals surface area contributed by atoms with Crippen molar-refractivity contribution in [3.63, 3.8) is 0 Å². The number of carbonyl (C=O) groups excluding carboxylic acids is 3. The maximum Gasteiger partial charge on any atom is 0.245 e. The molecule has 3 amide bonds. The molecule has 1 atom stereocenters. The van der Waals surface area contributed by atoms with Gasteiger partial charge in [-0.3, -0.25) is 14.4 Å². The van der Waals surface area contributed by atoms with E-state index >= 15 is 0 Å². The molecule has 2 heterocycles. The van der Waals surface area contributed by atoms with Crippen molar-refractivity contribution in [3.05, 3.63) is 35.9 Å². The molecule has 3 rings (SSSR count). The second kappa shape index (κ2) is 8.34. The van der Waals surface area contributed by atoms with Crippen LogP contribution in [0.15, 0.2) is 30.3 Å². The summed E-state index contributed by atoms with van der Waals surface area (Å²) in [5.74, 6) is 0.0799. The number of rotatable bonds is 5. The Labute approximate surface area is 154 Å². The molecule has 0 bridgehead atoms. The van der Waals surface area contributed by atoms with Crippen LogP contribution in [0.3, 0.4) is 0 Å². The Bertz CT molecular complexity index is 654. The molecule has 0 aliphatic carbocycles. The Morgan fingerprint density at radius 1 is 1.00 bits per heavy atom. The van der Waals surface area contributed by atoms with Crippen LogP contribution in [-0.4, -0.2) is 53.2 Å². The van der Waals surface area contributed by atoms with Gasteiger partial charge in [-0.05, 0) is 37.2 Å². The molecule has 1 aromatic rings. The first-order chi connectivity index (χ1) is 12.5. The Morgan fingerprint density at radius 3 is 2.35 bits per heavy atom. The zero-order chi connectivity index (χ0) is 18.5. The molecule has 26 heavy (non-hydrogen) atoms. The minimum absolute atomic E-state index is 0.0238. The van der Waals surface area contributed by atoms with Crippen LogP contribution in [0.5, 0.6) is 0 Å². The van der Waals surface area contributed by atoms with Gasteiger partial charge in [-0.1, -0.05) is 30.3 Å². The molecule has 0 radical (unpaired) electrons. The number of primary amides is 1. The number of likely N-dealkylation sites (tertiary alicyclic amines) is 2. The van der Waals surface area contributed by atoms with E-state index in [1.807, 2.05) is 35.2 Å². The van der Waals surface area contributed by atoms with Crippen molar-refractivity contribution >= 4 is 17.7 Å². The molecule has 1 aromatic carbocycles. The predicted octanol–water partition coefficient (Wildman–Crippen LogP) is 1.33. The van der Waals surface area contributed by atoms with E-state index in [4.69, 9.17) is 5.73 Å². The highest BCUT2D eigenvalue weighted by atomic mass is 16.2. The molecule has 6 heteroatoms. The van der Waals surface area contributed by atoms with E-state index in [2.05, 4.69) is 0 Å². The lowest BCUT2D eigenvalue weighted by atomic mass is 9.93. The Kier molecular flexibility index (Phi) is 5.91. The van der Waals surface area contributed by atoms with Gasteiger partial charge in [-0.15, -0.1) is 0 Å². The Morgan fingerprint density at radius 2 is 1.69 bits per heavy atom. The highest BCUT2D eigenvalue weighted by molar-refractivity contribution is 5.89. The number of piperidine rings is 1. The molecule has 0 spiro atoms. The van der Waals surface area contributed by atoms with Crippen molar-refractivity contribution in [1.82, 2.24) is 9.80 Å². The quantitative estimate of drug-likeness (QED) is 0.863. The topological polar surface area (TPSA) is 83.7 Å². The van der Waals surface area contributed by atoms with E-state index in [9.17, 15) is 14.4 Å². The van der Waals surface area contributed by atoms with Crippen LogP contribution in [0.1, 0.15) is 37.7 Å². The van der Waals surface area contributed by atoms with Gasteiger partial charge in [-0.2, -0.15) is 0 Å². The SMILES string of the molecule is NC(=O)CC1CCN(C(=O)C2CCCN2C(=O)Cc2ccccc2)CC1. The molecule has 2 N–H and O–H groups in total. The first-order valence-corrected chi connectivity index (χ1v) is 9.45. The zero-order valence-electron chi connectivity index (χ0n) is 15.1. The summed E-state index contributed by atoms with van der Waals surface area (Å²) < 4.78 is 0. The lowest BCUT2D eigenvalue weighted by Gasteiger charge is -2.35. The molecule has 2 fully saturated rings. The van der Waals surface area contributed by atoms with Crippen LogP contribution < -0.4 is 5.73 Å². The summed E-state index contributed by atoms with van der Waals surface area (Å²) in [6.45, 7) is 1.95. The summed E-state index contributed by atoms with van der Waals surface area (Å²) >= 11 is 0. The monoisotopic (exact) mass is 357 g/mol. The molecule has 0 aromatic heterocycles. The van der Waals surface area contributed by atoms with Crippen molar-refractivity contribution in [2.45, 2.75) is 44.6 Å². The largest absolute Gasteiger partial charge is 0.370 e. The summed E-state index contributed by atoms with van der Waals surface area (Å²) in [7, 11) is 0. The van der Waals surface area contributed by atoms with Crippen LogP contribution in [0.25, 0.3) is 0 Å². The normalized spacial score (nSPS) is 21.0. The second-order valence-corrected chi connectivity index (χ2v) is 7.35. The molecule has 0 saturated carbocycles. The van der Waals surface area contributed by atoms with E-state index in [1.165, 1.54) is 0 Å². The summed E-state index contributed by atoms with van der Waals surface area (Å²) in [6, 6.07) is 9.32. The van der Waals surface area contributed by atoms with Gasteiger partial charge in [0, 0.05) is 26.1 Å². The average Bonchev–Trinajstić information content (AvgIpc) is 3.12. The lowest BCUT2D eigenvalue weighted by Crippen LogP contribution is -2.50. The van der Waals surface area contributed by atoms with Crippen LogP contribution in [0.2, 0.25) is 0 Å². The number of hydrogen-bond acceptors (Lipinski definition) is 3. The van der Waals surface area contributed by atoms with Crippen molar-refractivity contribution in [3.8, 4) is 0 Å². The van der Waals surface area contributed by atoms with Crippen molar-refractivity contribution in [1.29, 1.82) is 0 Å². The van der Waals surface area contributed by atoms with Gasteiger partial charge < -0.3 is 15.5 Å². The number of carbonyl (C=O) groups is 3. The fourth-order valence-corrected chi connectivity index (χ4v) is 4.05. The van der Waals surface area contributed by atoms with Crippen LogP contribution in [0.4, 0.5) is 0 Å². The zero-order valence-corrected chi connectivity index (χ0v) is 15.1. The summed E-state index contributed by atoms with van der Waals surface area (Å²) in [5.41, 5.74) is 6.24. The van der Waals surface area contributed by atoms with E-state index in [0.29, 0.717) is 32.5 Å². The number of hydrogen-bond donors (Lipinski definition) is 1. The molecule has 2 saturated heterocycles. The van der Waals surface area contributed by atoms with Gasteiger partial charge in [0.2, 0.25) is 17.7 Å². The third-order valence-corrected chi connectivity index (χ3v) is 5.47. The maximum atomic E-state index is 12.9. The van der Waals surface area contributed by atoms with Gasteiger partial charge in [0.1, 0.15) is 6.04 Å². The fraction of sp³-hybridized carbons (Fsp3) is 0.550. The average molecular weight is 357 g/mol. The fourth-order valence-electron chi connectivity index (χ4n) is 4.05. The first-order valence-electron chi connectivity index (χ1n) is 9.45. The van der Waals surface area contributed by atoms with Crippen molar-refractivity contribution in [2.24, 2.45) is 11.7 Å². The third-order valence-electron chi connectivity index (χ3n) is 5.47. The summed E-state index contributed by atoms with van der Waals surface area (Å²) in [4.78, 5) is 40.3. The van der Waals surface area contributed by atoms with Gasteiger partial charge in [-0.25, -0.2) is 0 Å². The minimum Gasteiger partial charge on any atom is -0.370 e. The number of amides is 3. The predicted molar refractivity (Wildman–Crippen MR) is 98.0 cm³/mol. The van der Waals surface area contributed by atoms with E-state index in [0.717, 1.165) is 31.2 Å². The minimum atomic E-state index is -0.334. The Balaban J connectivity index is 1.57. The molecular weight excluding hydrogens is 330 g/mol. The van der Waals surface area contributed by atoms with Gasteiger partial charge >= 0.3 is 0 Å². The van der Waals surface area contributed by atoms with Gasteiger partial charge in [0.15, 0.2) is 0 Å². The number of nitrogens with two attached hydrogens (primary N) is 1. The molecule has 2 aliphatic heterocycles. The van der Waals surface area contributed by atoms with Crippen LogP contribution in [0, 0.1) is 5.92 Å². The van der Waals surface area contributed by atoms with Crippen molar-refractivity contribution in [2.75, 3.05) is 19.6 Å². The number of nitrogens with zero attached hydrogens (tertiary/aromatic N) is 2.